The Morgan fingerprint density at radius 1 is 1.34 bits per heavy atom. The Morgan fingerprint density at radius 3 is 2.54 bits per heavy atom. The summed E-state index contributed by atoms with van der Waals surface area (Å²) in [6.45, 7) is 7.02. The van der Waals surface area contributed by atoms with Crippen LogP contribution in [0.1, 0.15) is 74.6 Å². The molecule has 1 atom stereocenters. The van der Waals surface area contributed by atoms with Crippen molar-refractivity contribution in [3.63, 3.8) is 0 Å². The number of nitrogens with two attached hydrogens (primary N) is 1. The number of ether oxygens (including phenoxy) is 1. The van der Waals surface area contributed by atoms with E-state index in [1.54, 1.807) is 32.3 Å². The first-order chi connectivity index (χ1) is 16.4. The Balaban J connectivity index is 1.98. The van der Waals surface area contributed by atoms with Crippen molar-refractivity contribution >= 4 is 29.0 Å². The lowest BCUT2D eigenvalue weighted by atomic mass is 10.0. The number of aromatic carboxylic acids is 1. The molecule has 1 unspecified atom stereocenters. The van der Waals surface area contributed by atoms with Crippen LogP contribution in [-0.4, -0.2) is 39.9 Å². The zero-order chi connectivity index (χ0) is 26.1. The molecule has 1 saturated carbocycles. The molecule has 0 bridgehead atoms. The molecule has 4 N–H and O–H groups in total. The standard InChI is InChI=1S/C25H31F2N3O5/c1-5-18-19(23(32)33)22(31)16-11-17(26)20(27)15(21(16)30(18)14-9-10-14)8-6-7-13(28)12-29-24(34)35-25(2,3)4/h6,8,11,13-14H,5,7,9-10,12,28H2,1-4H3,(H,29,34)(H,32,33). The van der Waals surface area contributed by atoms with Gasteiger partial charge >= 0.3 is 12.1 Å². The van der Waals surface area contributed by atoms with Gasteiger partial charge in [0.05, 0.1) is 10.9 Å². The van der Waals surface area contributed by atoms with E-state index in [0.29, 0.717) is 0 Å². The molecule has 1 heterocycles. The number of carbonyl (C=O) groups is 2. The van der Waals surface area contributed by atoms with E-state index in [0.717, 1.165) is 18.9 Å². The van der Waals surface area contributed by atoms with Crippen molar-refractivity contribution in [2.24, 2.45) is 5.73 Å². The van der Waals surface area contributed by atoms with Crippen molar-refractivity contribution in [2.75, 3.05) is 6.54 Å². The summed E-state index contributed by atoms with van der Waals surface area (Å²) in [5, 5.41) is 12.0. The van der Waals surface area contributed by atoms with Gasteiger partial charge in [0.1, 0.15) is 11.2 Å². The minimum Gasteiger partial charge on any atom is -0.477 e. The minimum absolute atomic E-state index is 0.0940. The Kier molecular flexibility index (Phi) is 7.64. The first kappa shape index (κ1) is 26.3. The summed E-state index contributed by atoms with van der Waals surface area (Å²) in [7, 11) is 0. The van der Waals surface area contributed by atoms with Gasteiger partial charge in [-0.25, -0.2) is 18.4 Å². The highest BCUT2D eigenvalue weighted by Crippen LogP contribution is 2.40. The number of alkyl carbamates (subject to hydrolysis) is 1. The maximum absolute atomic E-state index is 15.0. The van der Waals surface area contributed by atoms with Crippen LogP contribution in [0.3, 0.4) is 0 Å². The number of amides is 1. The topological polar surface area (TPSA) is 124 Å². The number of nitrogens with one attached hydrogen (secondary N) is 1. The second-order valence-corrected chi connectivity index (χ2v) is 9.67. The molecule has 3 rings (SSSR count). The first-order valence-corrected chi connectivity index (χ1v) is 11.6. The van der Waals surface area contributed by atoms with Crippen molar-refractivity contribution < 1.29 is 28.2 Å². The molecule has 2 aromatic rings. The number of carboxylic acids is 1. The molecule has 10 heteroatoms. The number of aromatic nitrogens is 1. The fourth-order valence-corrected chi connectivity index (χ4v) is 4.02. The molecular weight excluding hydrogens is 460 g/mol. The second-order valence-electron chi connectivity index (χ2n) is 9.67. The van der Waals surface area contributed by atoms with Gasteiger partial charge in [-0.05, 0) is 52.5 Å². The van der Waals surface area contributed by atoms with Crippen molar-refractivity contribution in [3.8, 4) is 0 Å². The van der Waals surface area contributed by atoms with E-state index in [4.69, 9.17) is 10.5 Å². The third-order valence-electron chi connectivity index (χ3n) is 5.61. The lowest BCUT2D eigenvalue weighted by Crippen LogP contribution is -2.39. The monoisotopic (exact) mass is 491 g/mol. The molecule has 1 aliphatic carbocycles. The van der Waals surface area contributed by atoms with Crippen molar-refractivity contribution in [1.29, 1.82) is 0 Å². The smallest absolute Gasteiger partial charge is 0.407 e. The molecule has 8 nitrogen and oxygen atoms in total. The van der Waals surface area contributed by atoms with Crippen LogP contribution in [0, 0.1) is 11.6 Å². The zero-order valence-corrected chi connectivity index (χ0v) is 20.3. The summed E-state index contributed by atoms with van der Waals surface area (Å²) in [5.41, 5.74) is 4.45. The van der Waals surface area contributed by atoms with Gasteiger partial charge in [0.2, 0.25) is 5.43 Å². The van der Waals surface area contributed by atoms with Crippen LogP contribution >= 0.6 is 0 Å². The second kappa shape index (κ2) is 10.2. The SMILES string of the molecule is CCc1c(C(=O)O)c(=O)c2cc(F)c(F)c(C=CCC(N)CNC(=O)OC(C)(C)C)c2n1C1CC1. The van der Waals surface area contributed by atoms with Crippen LogP contribution < -0.4 is 16.5 Å². The van der Waals surface area contributed by atoms with Gasteiger partial charge in [-0.15, -0.1) is 0 Å². The maximum atomic E-state index is 15.0. The number of carboxylic acid groups (broad SMARTS) is 1. The normalized spacial score (nSPS) is 14.9. The van der Waals surface area contributed by atoms with Crippen molar-refractivity contribution in [1.82, 2.24) is 9.88 Å². The van der Waals surface area contributed by atoms with Crippen LogP contribution in [0.25, 0.3) is 17.0 Å². The van der Waals surface area contributed by atoms with Crippen LogP contribution in [0.4, 0.5) is 13.6 Å². The largest absolute Gasteiger partial charge is 0.477 e. The zero-order valence-electron chi connectivity index (χ0n) is 20.3. The number of benzene rings is 1. The quantitative estimate of drug-likeness (QED) is 0.510. The highest BCUT2D eigenvalue weighted by Gasteiger charge is 2.32. The molecule has 1 fully saturated rings. The fraction of sp³-hybridized carbons (Fsp3) is 0.480. The number of hydrogen-bond acceptors (Lipinski definition) is 5. The summed E-state index contributed by atoms with van der Waals surface area (Å²) in [4.78, 5) is 36.7. The fourth-order valence-electron chi connectivity index (χ4n) is 4.02. The number of hydrogen-bond donors (Lipinski definition) is 3. The van der Waals surface area contributed by atoms with Crippen LogP contribution in [-0.2, 0) is 11.2 Å². The average molecular weight is 492 g/mol. The van der Waals surface area contributed by atoms with Crippen LogP contribution in [0.5, 0.6) is 0 Å². The van der Waals surface area contributed by atoms with Gasteiger partial charge < -0.3 is 25.5 Å². The van der Waals surface area contributed by atoms with Gasteiger partial charge in [0.15, 0.2) is 11.6 Å². The van der Waals surface area contributed by atoms with Crippen molar-refractivity contribution in [3.05, 3.63) is 50.8 Å². The van der Waals surface area contributed by atoms with E-state index in [9.17, 15) is 28.3 Å². The number of halogens is 2. The predicted octanol–water partition coefficient (Wildman–Crippen LogP) is 4.13. The molecule has 190 valence electrons. The van der Waals surface area contributed by atoms with E-state index in [1.807, 2.05) is 0 Å². The Labute approximate surface area is 201 Å². The Morgan fingerprint density at radius 2 is 2.00 bits per heavy atom. The van der Waals surface area contributed by atoms with E-state index in [2.05, 4.69) is 5.32 Å². The highest BCUT2D eigenvalue weighted by molar-refractivity contribution is 5.97. The third-order valence-corrected chi connectivity index (χ3v) is 5.61. The number of nitrogens with zero attached hydrogens (tertiary/aromatic N) is 1. The molecular formula is C25H31F2N3O5. The van der Waals surface area contributed by atoms with E-state index in [-0.39, 0.29) is 47.6 Å². The van der Waals surface area contributed by atoms with Crippen LogP contribution in [0.15, 0.2) is 16.9 Å². The number of fused-ring (bicyclic) bond motifs is 1. The third kappa shape index (κ3) is 5.87. The van der Waals surface area contributed by atoms with E-state index >= 15 is 0 Å². The summed E-state index contributed by atoms with van der Waals surface area (Å²) >= 11 is 0. The molecule has 0 aliphatic heterocycles. The summed E-state index contributed by atoms with van der Waals surface area (Å²) < 4.78 is 36.3. The summed E-state index contributed by atoms with van der Waals surface area (Å²) in [5.74, 6) is -3.77. The molecule has 1 amide bonds. The molecule has 1 aromatic heterocycles. The van der Waals surface area contributed by atoms with Gasteiger partial charge in [-0.2, -0.15) is 0 Å². The van der Waals surface area contributed by atoms with E-state index < -0.39 is 46.3 Å². The number of carbonyl (C=O) groups excluding carboxylic acids is 1. The lowest BCUT2D eigenvalue weighted by Gasteiger charge is -2.21. The average Bonchev–Trinajstić information content (AvgIpc) is 3.58. The lowest BCUT2D eigenvalue weighted by molar-refractivity contribution is 0.0524. The van der Waals surface area contributed by atoms with Crippen molar-refractivity contribution in [2.45, 2.75) is 71.1 Å². The number of rotatable bonds is 8. The van der Waals surface area contributed by atoms with Gasteiger partial charge in [-0.1, -0.05) is 19.1 Å². The maximum Gasteiger partial charge on any atom is 0.407 e. The van der Waals surface area contributed by atoms with E-state index in [1.165, 1.54) is 12.2 Å². The number of pyridine rings is 1. The molecule has 35 heavy (non-hydrogen) atoms. The molecule has 0 spiro atoms. The predicted molar refractivity (Wildman–Crippen MR) is 129 cm³/mol. The first-order valence-electron chi connectivity index (χ1n) is 11.6. The molecule has 0 radical (unpaired) electrons. The van der Waals surface area contributed by atoms with Crippen LogP contribution in [0.2, 0.25) is 0 Å². The summed E-state index contributed by atoms with van der Waals surface area (Å²) in [6.07, 6.45) is 4.22. The molecule has 1 aromatic carbocycles. The highest BCUT2D eigenvalue weighted by atomic mass is 19.2. The Bertz CT molecular complexity index is 1240. The van der Waals surface area contributed by atoms with Gasteiger partial charge in [0.25, 0.3) is 0 Å². The Hall–Kier alpha value is -3.27. The van der Waals surface area contributed by atoms with Gasteiger partial charge in [-0.3, -0.25) is 4.79 Å². The minimum atomic E-state index is -1.39. The summed E-state index contributed by atoms with van der Waals surface area (Å²) in [6, 6.07) is 0.145. The van der Waals surface area contributed by atoms with Gasteiger partial charge in [0, 0.05) is 29.9 Å². The molecule has 1 aliphatic rings. The molecule has 0 saturated heterocycles.